The van der Waals surface area contributed by atoms with Crippen LogP contribution in [0.15, 0.2) is 42.5 Å². The predicted octanol–water partition coefficient (Wildman–Crippen LogP) is 5.31. The average Bonchev–Trinajstić information content (AvgIpc) is 2.77. The van der Waals surface area contributed by atoms with E-state index in [9.17, 15) is 4.79 Å². The minimum absolute atomic E-state index is 0.0903. The van der Waals surface area contributed by atoms with Crippen LogP contribution in [0.25, 0.3) is 6.08 Å². The lowest BCUT2D eigenvalue weighted by Gasteiger charge is -2.35. The number of hydroxylamine groups is 2. The summed E-state index contributed by atoms with van der Waals surface area (Å²) < 4.78 is 11.8. The molecule has 0 saturated carbocycles. The van der Waals surface area contributed by atoms with Gasteiger partial charge in [0.05, 0.1) is 26.2 Å². The Labute approximate surface area is 177 Å². The fourth-order valence-corrected chi connectivity index (χ4v) is 6.03. The van der Waals surface area contributed by atoms with Crippen molar-refractivity contribution in [3.05, 3.63) is 48.1 Å². The normalized spacial score (nSPS) is 14.3. The summed E-state index contributed by atoms with van der Waals surface area (Å²) >= 11 is 0. The molecule has 0 N–H and O–H groups in total. The molecule has 0 unspecified atom stereocenters. The first-order valence-electron chi connectivity index (χ1n) is 10.3. The Hall–Kier alpha value is -1.89. The van der Waals surface area contributed by atoms with Crippen molar-refractivity contribution >= 4 is 20.3 Å². The van der Waals surface area contributed by atoms with Crippen molar-refractivity contribution in [2.24, 2.45) is 5.92 Å². The van der Waals surface area contributed by atoms with Gasteiger partial charge in [0, 0.05) is 7.05 Å². The summed E-state index contributed by atoms with van der Waals surface area (Å²) in [5.41, 5.74) is 1.08. The average molecular weight is 420 g/mol. The van der Waals surface area contributed by atoms with Crippen LogP contribution >= 0.6 is 0 Å². The molecule has 0 aromatic heterocycles. The fraction of sp³-hybridized carbons (Fsp3) is 0.522. The van der Waals surface area contributed by atoms with E-state index in [-0.39, 0.29) is 17.9 Å². The Morgan fingerprint density at radius 1 is 1.07 bits per heavy atom. The van der Waals surface area contributed by atoms with Crippen LogP contribution in [-0.2, 0) is 14.1 Å². The summed E-state index contributed by atoms with van der Waals surface area (Å²) in [6.07, 6.45) is 7.67. The number of carbonyl (C=O) groups excluding carboxylic acids is 1. The van der Waals surface area contributed by atoms with Gasteiger partial charge >= 0.3 is 0 Å². The summed E-state index contributed by atoms with van der Waals surface area (Å²) in [5, 5.41) is 1.27. The van der Waals surface area contributed by atoms with Gasteiger partial charge in [-0.1, -0.05) is 64.1 Å². The van der Waals surface area contributed by atoms with Crippen LogP contribution < -0.4 is 4.74 Å². The van der Waals surface area contributed by atoms with E-state index in [1.54, 1.807) is 14.2 Å². The lowest BCUT2D eigenvalue weighted by molar-refractivity contribution is -0.175. The molecule has 1 aromatic carbocycles. The van der Waals surface area contributed by atoms with E-state index >= 15 is 0 Å². The second-order valence-corrected chi connectivity index (χ2v) is 11.9. The smallest absolute Gasteiger partial charge is 0.251 e. The second-order valence-electron chi connectivity index (χ2n) is 7.15. The molecule has 0 radical (unpaired) electrons. The monoisotopic (exact) mass is 419 g/mol. The molecule has 6 heteroatoms. The zero-order chi connectivity index (χ0) is 21.9. The van der Waals surface area contributed by atoms with E-state index in [4.69, 9.17) is 14.0 Å². The molecule has 0 aliphatic heterocycles. The van der Waals surface area contributed by atoms with Crippen LogP contribution in [0, 0.1) is 5.92 Å². The summed E-state index contributed by atoms with van der Waals surface area (Å²) in [7, 11) is 2.92. The van der Waals surface area contributed by atoms with Crippen LogP contribution in [0.2, 0.25) is 18.1 Å². The SMILES string of the molecule is CC[Si](CC)(CC)O[C@H](/C=C/C=C/c1ccc(OC)cc1)[C@H](C)C(=O)N(C)OC. The molecule has 0 aliphatic rings. The minimum atomic E-state index is -1.87. The van der Waals surface area contributed by atoms with Gasteiger partial charge in [-0.3, -0.25) is 9.63 Å². The first kappa shape index (κ1) is 25.1. The van der Waals surface area contributed by atoms with Gasteiger partial charge in [0.1, 0.15) is 5.75 Å². The molecule has 0 saturated heterocycles. The van der Waals surface area contributed by atoms with Gasteiger partial charge in [0.15, 0.2) is 8.32 Å². The number of hydrogen-bond donors (Lipinski definition) is 0. The minimum Gasteiger partial charge on any atom is -0.497 e. The number of methoxy groups -OCH3 is 1. The highest BCUT2D eigenvalue weighted by molar-refractivity contribution is 6.73. The highest BCUT2D eigenvalue weighted by atomic mass is 28.4. The van der Waals surface area contributed by atoms with E-state index < -0.39 is 8.32 Å². The third-order valence-electron chi connectivity index (χ3n) is 5.60. The molecular weight excluding hydrogens is 382 g/mol. The van der Waals surface area contributed by atoms with E-state index in [1.165, 1.54) is 12.2 Å². The molecule has 162 valence electrons. The summed E-state index contributed by atoms with van der Waals surface area (Å²) in [5.74, 6) is 0.412. The van der Waals surface area contributed by atoms with Crippen LogP contribution in [0.4, 0.5) is 0 Å². The maximum absolute atomic E-state index is 12.7. The van der Waals surface area contributed by atoms with Crippen molar-refractivity contribution in [3.8, 4) is 5.75 Å². The molecule has 0 fully saturated rings. The lowest BCUT2D eigenvalue weighted by Crippen LogP contribution is -2.45. The molecule has 0 bridgehead atoms. The van der Waals surface area contributed by atoms with Gasteiger partial charge in [-0.25, -0.2) is 5.06 Å². The Balaban J connectivity index is 3.00. The molecule has 0 spiro atoms. The molecule has 0 heterocycles. The molecule has 1 amide bonds. The maximum Gasteiger partial charge on any atom is 0.251 e. The number of benzene rings is 1. The third kappa shape index (κ3) is 7.46. The number of rotatable bonds is 12. The largest absolute Gasteiger partial charge is 0.497 e. The zero-order valence-corrected chi connectivity index (χ0v) is 20.0. The highest BCUT2D eigenvalue weighted by Crippen LogP contribution is 2.27. The maximum atomic E-state index is 12.7. The summed E-state index contributed by atoms with van der Waals surface area (Å²) in [6.45, 7) is 8.48. The van der Waals surface area contributed by atoms with Gasteiger partial charge in [0.2, 0.25) is 0 Å². The van der Waals surface area contributed by atoms with Crippen molar-refractivity contribution in [1.82, 2.24) is 5.06 Å². The number of carbonyl (C=O) groups is 1. The molecule has 2 atom stereocenters. The van der Waals surface area contributed by atoms with E-state index in [2.05, 4.69) is 20.8 Å². The fourth-order valence-electron chi connectivity index (χ4n) is 3.17. The number of nitrogens with zero attached hydrogens (tertiary/aromatic N) is 1. The van der Waals surface area contributed by atoms with Crippen LogP contribution in [0.3, 0.4) is 0 Å². The van der Waals surface area contributed by atoms with Gasteiger partial charge in [-0.2, -0.15) is 0 Å². The number of hydrogen-bond acceptors (Lipinski definition) is 4. The van der Waals surface area contributed by atoms with E-state index in [1.807, 2.05) is 55.5 Å². The number of ether oxygens (including phenoxy) is 1. The first-order chi connectivity index (χ1) is 13.9. The lowest BCUT2D eigenvalue weighted by atomic mass is 10.0. The van der Waals surface area contributed by atoms with Crippen molar-refractivity contribution in [1.29, 1.82) is 0 Å². The Morgan fingerprint density at radius 3 is 2.14 bits per heavy atom. The van der Waals surface area contributed by atoms with Crippen molar-refractivity contribution in [2.75, 3.05) is 21.3 Å². The van der Waals surface area contributed by atoms with Crippen LogP contribution in [0.1, 0.15) is 33.3 Å². The van der Waals surface area contributed by atoms with Gasteiger partial charge < -0.3 is 9.16 Å². The van der Waals surface area contributed by atoms with Crippen LogP contribution in [0.5, 0.6) is 5.75 Å². The molecule has 1 rings (SSSR count). The molecule has 29 heavy (non-hydrogen) atoms. The Kier molecular flexibility index (Phi) is 10.9. The van der Waals surface area contributed by atoms with E-state index in [0.29, 0.717) is 0 Å². The number of amides is 1. The standard InChI is InChI=1S/C23H37NO4Si/c1-8-29(9-2,10-3)28-22(19(4)23(25)24(5)27-7)14-12-11-13-20-15-17-21(26-6)18-16-20/h11-19,22H,8-10H2,1-7H3/b13-11+,14-12+/t19-,22+/m0/s1. The van der Waals surface area contributed by atoms with Crippen molar-refractivity contribution < 1.29 is 18.8 Å². The molecular formula is C23H37NO4Si. The molecule has 0 aliphatic carbocycles. The van der Waals surface area contributed by atoms with Crippen LogP contribution in [-0.4, -0.2) is 46.7 Å². The van der Waals surface area contributed by atoms with Gasteiger partial charge in [-0.05, 0) is 35.8 Å². The second kappa shape index (κ2) is 12.6. The van der Waals surface area contributed by atoms with Crippen molar-refractivity contribution in [3.63, 3.8) is 0 Å². The molecule has 5 nitrogen and oxygen atoms in total. The first-order valence-corrected chi connectivity index (χ1v) is 12.9. The topological polar surface area (TPSA) is 48.0 Å². The molecule has 1 aromatic rings. The highest BCUT2D eigenvalue weighted by Gasteiger charge is 2.35. The Morgan fingerprint density at radius 2 is 1.66 bits per heavy atom. The summed E-state index contributed by atoms with van der Waals surface area (Å²) in [6, 6.07) is 11.0. The van der Waals surface area contributed by atoms with Gasteiger partial charge in [-0.15, -0.1) is 0 Å². The quantitative estimate of drug-likeness (QED) is 0.262. The summed E-state index contributed by atoms with van der Waals surface area (Å²) in [4.78, 5) is 17.7. The Bertz CT molecular complexity index is 660. The number of allylic oxidation sites excluding steroid dienone is 2. The zero-order valence-electron chi connectivity index (χ0n) is 19.0. The predicted molar refractivity (Wildman–Crippen MR) is 122 cm³/mol. The third-order valence-corrected chi connectivity index (χ3v) is 10.2. The van der Waals surface area contributed by atoms with E-state index in [0.717, 1.165) is 29.4 Å². The van der Waals surface area contributed by atoms with Gasteiger partial charge in [0.25, 0.3) is 5.91 Å². The van der Waals surface area contributed by atoms with Crippen molar-refractivity contribution in [2.45, 2.75) is 51.9 Å².